The molecule has 1 aromatic carbocycles. The fourth-order valence-electron chi connectivity index (χ4n) is 4.15. The highest BCUT2D eigenvalue weighted by Crippen LogP contribution is 2.26. The first-order valence-corrected chi connectivity index (χ1v) is 10.3. The van der Waals surface area contributed by atoms with E-state index < -0.39 is 0 Å². The van der Waals surface area contributed by atoms with Crippen LogP contribution in [0.5, 0.6) is 0 Å². The summed E-state index contributed by atoms with van der Waals surface area (Å²) in [7, 11) is 0. The quantitative estimate of drug-likeness (QED) is 0.846. The van der Waals surface area contributed by atoms with Gasteiger partial charge in [0.2, 0.25) is 0 Å². The van der Waals surface area contributed by atoms with Crippen molar-refractivity contribution in [2.45, 2.75) is 38.4 Å². The van der Waals surface area contributed by atoms with Crippen LogP contribution in [0, 0.1) is 11.8 Å². The lowest BCUT2D eigenvalue weighted by atomic mass is 9.95. The van der Waals surface area contributed by atoms with Crippen LogP contribution in [0.3, 0.4) is 0 Å². The molecule has 26 heavy (non-hydrogen) atoms. The van der Waals surface area contributed by atoms with Crippen LogP contribution >= 0.6 is 11.3 Å². The van der Waals surface area contributed by atoms with Crippen molar-refractivity contribution in [1.29, 1.82) is 0 Å². The van der Waals surface area contributed by atoms with Gasteiger partial charge in [-0.3, -0.25) is 9.80 Å². The number of aliphatic hydroxyl groups is 1. The molecule has 0 aliphatic carbocycles. The summed E-state index contributed by atoms with van der Waals surface area (Å²) < 4.78 is 0. The Kier molecular flexibility index (Phi) is 5.72. The number of rotatable bonds is 3. The number of benzene rings is 1. The Morgan fingerprint density at radius 1 is 1.04 bits per heavy atom. The Balaban J connectivity index is 1.29. The smallest absolute Gasteiger partial charge is 0.104 e. The van der Waals surface area contributed by atoms with Crippen molar-refractivity contribution in [3.63, 3.8) is 0 Å². The summed E-state index contributed by atoms with van der Waals surface area (Å²) in [4.78, 5) is 7.70. The van der Waals surface area contributed by atoms with Gasteiger partial charge in [-0.25, -0.2) is 0 Å². The van der Waals surface area contributed by atoms with Gasteiger partial charge >= 0.3 is 0 Å². The SMILES string of the molecule is OCC#Cc1ccc(CN2CCC(N3CCc4ccccc4C3)CC2)s1. The maximum Gasteiger partial charge on any atom is 0.104 e. The van der Waals surface area contributed by atoms with Gasteiger partial charge in [-0.1, -0.05) is 36.1 Å². The highest BCUT2D eigenvalue weighted by molar-refractivity contribution is 7.12. The van der Waals surface area contributed by atoms with Crippen LogP contribution in [0.1, 0.15) is 33.7 Å². The molecule has 4 heteroatoms. The molecular weight excluding hydrogens is 340 g/mol. The third-order valence-electron chi connectivity index (χ3n) is 5.57. The van der Waals surface area contributed by atoms with Gasteiger partial charge in [0.25, 0.3) is 0 Å². The molecule has 1 fully saturated rings. The fourth-order valence-corrected chi connectivity index (χ4v) is 5.07. The molecule has 2 aliphatic heterocycles. The van der Waals surface area contributed by atoms with Crippen molar-refractivity contribution in [2.75, 3.05) is 26.2 Å². The Hall–Kier alpha value is -1.64. The average molecular weight is 367 g/mol. The van der Waals surface area contributed by atoms with Gasteiger partial charge in [0, 0.05) is 43.6 Å². The van der Waals surface area contributed by atoms with E-state index in [0.717, 1.165) is 24.0 Å². The highest BCUT2D eigenvalue weighted by Gasteiger charge is 2.27. The Morgan fingerprint density at radius 3 is 2.65 bits per heavy atom. The Morgan fingerprint density at radius 2 is 1.85 bits per heavy atom. The van der Waals surface area contributed by atoms with Gasteiger partial charge in [0.1, 0.15) is 6.61 Å². The molecule has 3 nitrogen and oxygen atoms in total. The summed E-state index contributed by atoms with van der Waals surface area (Å²) in [5, 5.41) is 8.80. The molecule has 0 radical (unpaired) electrons. The van der Waals surface area contributed by atoms with E-state index in [-0.39, 0.29) is 6.61 Å². The zero-order valence-corrected chi connectivity index (χ0v) is 16.0. The summed E-state index contributed by atoms with van der Waals surface area (Å²) in [5.74, 6) is 5.73. The molecule has 0 amide bonds. The van der Waals surface area contributed by atoms with Crippen molar-refractivity contribution in [1.82, 2.24) is 9.80 Å². The molecule has 1 aromatic heterocycles. The summed E-state index contributed by atoms with van der Waals surface area (Å²) in [6, 6.07) is 13.9. The van der Waals surface area contributed by atoms with E-state index >= 15 is 0 Å². The molecule has 0 unspecified atom stereocenters. The molecular formula is C22H26N2OS. The van der Waals surface area contributed by atoms with Crippen LogP contribution in [-0.4, -0.2) is 47.2 Å². The topological polar surface area (TPSA) is 26.7 Å². The van der Waals surface area contributed by atoms with Crippen LogP contribution < -0.4 is 0 Å². The van der Waals surface area contributed by atoms with E-state index in [4.69, 9.17) is 5.11 Å². The number of aliphatic hydroxyl groups excluding tert-OH is 1. The minimum atomic E-state index is -0.0677. The summed E-state index contributed by atoms with van der Waals surface area (Å²) >= 11 is 1.75. The van der Waals surface area contributed by atoms with Crippen LogP contribution in [0.25, 0.3) is 0 Å². The minimum Gasteiger partial charge on any atom is -0.384 e. The minimum absolute atomic E-state index is 0.0677. The second-order valence-electron chi connectivity index (χ2n) is 7.22. The molecule has 2 aromatic rings. The molecule has 0 bridgehead atoms. The van der Waals surface area contributed by atoms with E-state index in [1.807, 2.05) is 0 Å². The summed E-state index contributed by atoms with van der Waals surface area (Å²) in [6.45, 7) is 5.65. The second kappa shape index (κ2) is 8.37. The molecule has 136 valence electrons. The van der Waals surface area contributed by atoms with E-state index in [9.17, 15) is 0 Å². The van der Waals surface area contributed by atoms with Gasteiger partial charge in [-0.15, -0.1) is 11.3 Å². The maximum atomic E-state index is 8.80. The number of fused-ring (bicyclic) bond motifs is 1. The second-order valence-corrected chi connectivity index (χ2v) is 8.39. The van der Waals surface area contributed by atoms with Crippen molar-refractivity contribution >= 4 is 11.3 Å². The van der Waals surface area contributed by atoms with Crippen LogP contribution in [-0.2, 0) is 19.5 Å². The number of hydrogen-bond acceptors (Lipinski definition) is 4. The van der Waals surface area contributed by atoms with Gasteiger partial charge in [0.15, 0.2) is 0 Å². The zero-order valence-electron chi connectivity index (χ0n) is 15.2. The first-order valence-electron chi connectivity index (χ1n) is 9.53. The average Bonchev–Trinajstić information content (AvgIpc) is 3.14. The van der Waals surface area contributed by atoms with Crippen molar-refractivity contribution in [3.8, 4) is 11.8 Å². The molecule has 1 saturated heterocycles. The van der Waals surface area contributed by atoms with Gasteiger partial charge in [-0.2, -0.15) is 0 Å². The lowest BCUT2D eigenvalue weighted by Gasteiger charge is -2.40. The van der Waals surface area contributed by atoms with Gasteiger partial charge < -0.3 is 5.11 Å². The van der Waals surface area contributed by atoms with Crippen molar-refractivity contribution in [3.05, 3.63) is 57.3 Å². The van der Waals surface area contributed by atoms with Crippen molar-refractivity contribution in [2.24, 2.45) is 0 Å². The third-order valence-corrected chi connectivity index (χ3v) is 6.55. The van der Waals surface area contributed by atoms with Crippen LogP contribution in [0.15, 0.2) is 36.4 Å². The highest BCUT2D eigenvalue weighted by atomic mass is 32.1. The molecule has 1 N–H and O–H groups in total. The number of nitrogens with zero attached hydrogens (tertiary/aromatic N) is 2. The number of likely N-dealkylation sites (tertiary alicyclic amines) is 1. The lowest BCUT2D eigenvalue weighted by molar-refractivity contribution is 0.0954. The molecule has 2 aliphatic rings. The first kappa shape index (κ1) is 17.8. The predicted molar refractivity (Wildman–Crippen MR) is 107 cm³/mol. The molecule has 3 heterocycles. The molecule has 0 atom stereocenters. The van der Waals surface area contributed by atoms with E-state index in [0.29, 0.717) is 0 Å². The number of piperidine rings is 1. The third kappa shape index (κ3) is 4.19. The van der Waals surface area contributed by atoms with Gasteiger partial charge in [0.05, 0.1) is 4.88 Å². The molecule has 0 spiro atoms. The Bertz CT molecular complexity index is 796. The maximum absolute atomic E-state index is 8.80. The van der Waals surface area contributed by atoms with Crippen molar-refractivity contribution < 1.29 is 5.11 Å². The van der Waals surface area contributed by atoms with Crippen LogP contribution in [0.2, 0.25) is 0 Å². The zero-order chi connectivity index (χ0) is 17.8. The number of hydrogen-bond donors (Lipinski definition) is 1. The monoisotopic (exact) mass is 366 g/mol. The van der Waals surface area contributed by atoms with E-state index in [1.165, 1.54) is 49.3 Å². The number of thiophene rings is 1. The van der Waals surface area contributed by atoms with E-state index in [1.54, 1.807) is 16.9 Å². The van der Waals surface area contributed by atoms with Crippen LogP contribution in [0.4, 0.5) is 0 Å². The lowest BCUT2D eigenvalue weighted by Crippen LogP contribution is -2.46. The Labute approximate surface area is 160 Å². The van der Waals surface area contributed by atoms with E-state index in [2.05, 4.69) is 58.0 Å². The fraction of sp³-hybridized carbons (Fsp3) is 0.455. The normalized spacial score (nSPS) is 19.0. The summed E-state index contributed by atoms with van der Waals surface area (Å²) in [5.41, 5.74) is 3.07. The first-order chi connectivity index (χ1) is 12.8. The predicted octanol–water partition coefficient (Wildman–Crippen LogP) is 3.11. The standard InChI is InChI=1S/C22H26N2OS/c25-15-3-6-21-7-8-22(26-21)17-23-12-10-20(11-13-23)24-14-9-18-4-1-2-5-19(18)16-24/h1-2,4-5,7-8,20,25H,9-17H2. The molecule has 4 rings (SSSR count). The summed E-state index contributed by atoms with van der Waals surface area (Å²) in [6.07, 6.45) is 3.73. The largest absolute Gasteiger partial charge is 0.384 e. The molecule has 0 saturated carbocycles. The van der Waals surface area contributed by atoms with Gasteiger partial charge in [-0.05, 0) is 42.5 Å².